The summed E-state index contributed by atoms with van der Waals surface area (Å²) in [5.74, 6) is 1.57. The highest BCUT2D eigenvalue weighted by molar-refractivity contribution is 6.04. The third-order valence-electron chi connectivity index (χ3n) is 5.65. The van der Waals surface area contributed by atoms with Crippen LogP contribution >= 0.6 is 0 Å². The van der Waals surface area contributed by atoms with Crippen molar-refractivity contribution in [2.75, 3.05) is 7.11 Å². The Kier molecular flexibility index (Phi) is 4.45. The maximum absolute atomic E-state index is 12.9. The second kappa shape index (κ2) is 6.82. The highest BCUT2D eigenvalue weighted by Crippen LogP contribution is 2.32. The summed E-state index contributed by atoms with van der Waals surface area (Å²) in [4.78, 5) is 31.3. The zero-order valence-electron chi connectivity index (χ0n) is 16.4. The average molecular weight is 380 g/mol. The van der Waals surface area contributed by atoms with E-state index >= 15 is 0 Å². The van der Waals surface area contributed by atoms with Crippen molar-refractivity contribution < 1.29 is 4.74 Å². The molecule has 0 fully saturated rings. The number of nitrogens with one attached hydrogen (secondary N) is 2. The molecule has 0 unspecified atom stereocenters. The Labute approximate surface area is 161 Å². The van der Waals surface area contributed by atoms with Gasteiger partial charge in [-0.15, -0.1) is 4.68 Å². The van der Waals surface area contributed by atoms with E-state index in [4.69, 9.17) is 4.74 Å². The summed E-state index contributed by atoms with van der Waals surface area (Å²) >= 11 is 0. The molecule has 2 heterocycles. The number of allylic oxidation sites excluding steroid dienone is 2. The number of hydrogen-bond acceptors (Lipinski definition) is 4. The van der Waals surface area contributed by atoms with Gasteiger partial charge >= 0.3 is 11.2 Å². The molecule has 0 aliphatic heterocycles. The fourth-order valence-electron chi connectivity index (χ4n) is 4.27. The van der Waals surface area contributed by atoms with E-state index in [0.717, 1.165) is 22.0 Å². The Morgan fingerprint density at radius 3 is 2.71 bits per heavy atom. The van der Waals surface area contributed by atoms with E-state index in [1.54, 1.807) is 25.5 Å². The van der Waals surface area contributed by atoms with E-state index in [0.29, 0.717) is 28.6 Å². The van der Waals surface area contributed by atoms with Crippen LogP contribution in [0.5, 0.6) is 5.75 Å². The summed E-state index contributed by atoms with van der Waals surface area (Å²) in [5, 5.41) is 5.03. The van der Waals surface area contributed by atoms with Gasteiger partial charge in [-0.1, -0.05) is 25.5 Å². The molecule has 0 amide bonds. The van der Waals surface area contributed by atoms with E-state index in [1.165, 1.54) is 5.57 Å². The van der Waals surface area contributed by atoms with Gasteiger partial charge in [-0.05, 0) is 37.3 Å². The van der Waals surface area contributed by atoms with Gasteiger partial charge in [0.05, 0.1) is 18.1 Å². The molecule has 0 radical (unpaired) electrons. The van der Waals surface area contributed by atoms with Gasteiger partial charge in [0, 0.05) is 23.6 Å². The van der Waals surface area contributed by atoms with Crippen molar-refractivity contribution in [1.29, 1.82) is 0 Å². The van der Waals surface area contributed by atoms with E-state index in [-0.39, 0.29) is 5.92 Å². The predicted octanol–water partition coefficient (Wildman–Crippen LogP) is 3.25. The fourth-order valence-corrected chi connectivity index (χ4v) is 4.27. The van der Waals surface area contributed by atoms with Crippen LogP contribution in [-0.4, -0.2) is 28.0 Å². The van der Waals surface area contributed by atoms with Gasteiger partial charge in [-0.3, -0.25) is 4.79 Å². The Hall–Kier alpha value is -3.09. The van der Waals surface area contributed by atoms with Crippen molar-refractivity contribution in [2.24, 2.45) is 22.9 Å². The summed E-state index contributed by atoms with van der Waals surface area (Å²) in [6.07, 6.45) is 4.97. The third kappa shape index (κ3) is 2.96. The molecule has 7 nitrogen and oxygen atoms in total. The molecule has 3 aromatic rings. The minimum absolute atomic E-state index is 0.178. The average Bonchev–Trinajstić information content (AvgIpc) is 3.01. The number of aromatic amines is 2. The topological polar surface area (TPSA) is 92.2 Å². The molecule has 2 N–H and O–H groups in total. The van der Waals surface area contributed by atoms with Gasteiger partial charge in [-0.25, -0.2) is 4.79 Å². The van der Waals surface area contributed by atoms with Gasteiger partial charge in [-0.2, -0.15) is 5.10 Å². The lowest BCUT2D eigenvalue weighted by atomic mass is 9.76. The molecule has 3 atom stereocenters. The fraction of sp³-hybridized carbons (Fsp3) is 0.381. The molecular weight excluding hydrogens is 356 g/mol. The highest BCUT2D eigenvalue weighted by atomic mass is 16.5. The van der Waals surface area contributed by atoms with Gasteiger partial charge in [0.2, 0.25) is 0 Å². The maximum atomic E-state index is 12.9. The summed E-state index contributed by atoms with van der Waals surface area (Å²) in [6.45, 7) is 6.44. The summed E-state index contributed by atoms with van der Waals surface area (Å²) in [5.41, 5.74) is 1.88. The summed E-state index contributed by atoms with van der Waals surface area (Å²) < 4.78 is 6.13. The van der Waals surface area contributed by atoms with E-state index < -0.39 is 11.2 Å². The molecule has 1 aliphatic carbocycles. The summed E-state index contributed by atoms with van der Waals surface area (Å²) in [6, 6.07) is 5.40. The molecule has 146 valence electrons. The number of fused-ring (bicyclic) bond motifs is 3. The van der Waals surface area contributed by atoms with Crippen molar-refractivity contribution in [3.63, 3.8) is 0 Å². The second-order valence-electron chi connectivity index (χ2n) is 7.73. The normalized spacial score (nSPS) is 22.9. The number of methoxy groups -OCH3 is 1. The van der Waals surface area contributed by atoms with Gasteiger partial charge in [0.25, 0.3) is 0 Å². The summed E-state index contributed by atoms with van der Waals surface area (Å²) in [7, 11) is 1.58. The Morgan fingerprint density at radius 1 is 1.21 bits per heavy atom. The van der Waals surface area contributed by atoms with Crippen LogP contribution in [0, 0.1) is 17.8 Å². The molecule has 28 heavy (non-hydrogen) atoms. The number of rotatable bonds is 3. The van der Waals surface area contributed by atoms with Gasteiger partial charge in [0.15, 0.2) is 0 Å². The van der Waals surface area contributed by atoms with Crippen LogP contribution in [0.2, 0.25) is 0 Å². The number of benzene rings is 1. The number of aromatic nitrogens is 3. The van der Waals surface area contributed by atoms with Gasteiger partial charge < -0.3 is 14.7 Å². The Balaban J connectivity index is 1.81. The van der Waals surface area contributed by atoms with Gasteiger partial charge in [0.1, 0.15) is 11.3 Å². The Bertz CT molecular complexity index is 1230. The number of nitrogens with zero attached hydrogens (tertiary/aromatic N) is 2. The number of hydrogen-bond donors (Lipinski definition) is 2. The zero-order valence-corrected chi connectivity index (χ0v) is 16.4. The first-order valence-electron chi connectivity index (χ1n) is 9.45. The maximum Gasteiger partial charge on any atom is 0.350 e. The molecular formula is C21H24N4O3. The molecule has 0 bridgehead atoms. The van der Waals surface area contributed by atoms with Crippen LogP contribution in [0.4, 0.5) is 0 Å². The molecule has 7 heteroatoms. The van der Waals surface area contributed by atoms with Crippen molar-refractivity contribution in [3.05, 3.63) is 50.7 Å². The quantitative estimate of drug-likeness (QED) is 0.540. The van der Waals surface area contributed by atoms with Crippen LogP contribution in [0.1, 0.15) is 27.2 Å². The van der Waals surface area contributed by atoms with Crippen molar-refractivity contribution in [2.45, 2.75) is 27.2 Å². The van der Waals surface area contributed by atoms with Crippen LogP contribution in [0.3, 0.4) is 0 Å². The monoisotopic (exact) mass is 380 g/mol. The van der Waals surface area contributed by atoms with Crippen molar-refractivity contribution >= 4 is 28.2 Å². The van der Waals surface area contributed by atoms with E-state index in [2.05, 4.69) is 41.9 Å². The second-order valence-corrected chi connectivity index (χ2v) is 7.73. The first kappa shape index (κ1) is 18.3. The molecule has 0 spiro atoms. The standard InChI is InChI=1S/C21H24N4O3/c1-11-7-12(2)16(13(3)8-11)10-22-25-20(26)19-18(24-21(25)27)15-6-5-14(28-4)9-17(15)23-19/h5-7,9-10,12-13,16,23H,8H2,1-4H3,(H,24,27)/b22-10-/t12-,13+,16-/m1/s1. The molecule has 2 aromatic heterocycles. The van der Waals surface area contributed by atoms with Crippen LogP contribution < -0.4 is 16.0 Å². The van der Waals surface area contributed by atoms with E-state index in [1.807, 2.05) is 6.07 Å². The minimum atomic E-state index is -0.548. The molecule has 4 rings (SSSR count). The first-order chi connectivity index (χ1) is 13.4. The SMILES string of the molecule is COc1ccc2c(c1)[nH]c1c(=O)n(/N=C\[C@@H]3[C@H](C)C=C(C)C[C@@H]3C)c(=O)[nH]c12. The Morgan fingerprint density at radius 2 is 2.00 bits per heavy atom. The highest BCUT2D eigenvalue weighted by Gasteiger charge is 2.25. The minimum Gasteiger partial charge on any atom is -0.497 e. The van der Waals surface area contributed by atoms with Crippen LogP contribution in [0.25, 0.3) is 21.9 Å². The lowest BCUT2D eigenvalue weighted by Crippen LogP contribution is -2.33. The first-order valence-corrected chi connectivity index (χ1v) is 9.45. The molecule has 1 aromatic carbocycles. The largest absolute Gasteiger partial charge is 0.497 e. The molecule has 1 aliphatic rings. The smallest absolute Gasteiger partial charge is 0.350 e. The number of H-pyrrole nitrogens is 2. The lowest BCUT2D eigenvalue weighted by molar-refractivity contribution is 0.361. The predicted molar refractivity (Wildman–Crippen MR) is 111 cm³/mol. The van der Waals surface area contributed by atoms with Crippen LogP contribution in [0.15, 0.2) is 44.5 Å². The zero-order chi connectivity index (χ0) is 20.0. The number of ether oxygens (including phenoxy) is 1. The van der Waals surface area contributed by atoms with Crippen LogP contribution in [-0.2, 0) is 0 Å². The van der Waals surface area contributed by atoms with E-state index in [9.17, 15) is 9.59 Å². The lowest BCUT2D eigenvalue weighted by Gasteiger charge is -2.29. The third-order valence-corrected chi connectivity index (χ3v) is 5.65. The molecule has 0 saturated heterocycles. The van der Waals surface area contributed by atoms with Crippen molar-refractivity contribution in [1.82, 2.24) is 14.6 Å². The van der Waals surface area contributed by atoms with Crippen molar-refractivity contribution in [3.8, 4) is 5.75 Å². The molecule has 0 saturated carbocycles.